The number of allylic oxidation sites excluding steroid dienone is 1. The van der Waals surface area contributed by atoms with Crippen molar-refractivity contribution in [3.8, 4) is 5.69 Å². The summed E-state index contributed by atoms with van der Waals surface area (Å²) < 4.78 is 41.9. The van der Waals surface area contributed by atoms with Gasteiger partial charge in [0.15, 0.2) is 5.69 Å². The van der Waals surface area contributed by atoms with Gasteiger partial charge in [0.05, 0.1) is 11.4 Å². The van der Waals surface area contributed by atoms with Gasteiger partial charge in [-0.3, -0.25) is 4.90 Å². The van der Waals surface area contributed by atoms with Crippen LogP contribution in [0.25, 0.3) is 11.8 Å². The summed E-state index contributed by atoms with van der Waals surface area (Å²) in [5.41, 5.74) is 3.23. The van der Waals surface area contributed by atoms with Crippen LogP contribution in [0.3, 0.4) is 0 Å². The number of halogens is 3. The van der Waals surface area contributed by atoms with E-state index in [1.807, 2.05) is 24.3 Å². The van der Waals surface area contributed by atoms with Crippen LogP contribution in [-0.2, 0) is 25.6 Å². The molecule has 2 heterocycles. The first kappa shape index (κ1) is 16.4. The number of benzene rings is 1. The van der Waals surface area contributed by atoms with E-state index in [1.165, 1.54) is 10.2 Å². The molecule has 1 aromatic heterocycles. The number of rotatable bonds is 2. The maximum Gasteiger partial charge on any atom is 0.435 e. The highest BCUT2D eigenvalue weighted by Crippen LogP contribution is 2.36. The number of alkyl halides is 3. The Labute approximate surface area is 144 Å². The third-order valence-electron chi connectivity index (χ3n) is 5.10. The van der Waals surface area contributed by atoms with Crippen LogP contribution in [0.4, 0.5) is 13.2 Å². The SMILES string of the molecule is CC(C)N1CCc2c(C(F)(F)F)nn(-c3ccc4c(c3)C=CC4)c2C1. The Morgan fingerprint density at radius 3 is 2.72 bits per heavy atom. The van der Waals surface area contributed by atoms with Gasteiger partial charge in [-0.15, -0.1) is 0 Å². The van der Waals surface area contributed by atoms with E-state index in [-0.39, 0.29) is 6.04 Å². The van der Waals surface area contributed by atoms with Gasteiger partial charge in [0, 0.05) is 24.7 Å². The molecule has 2 aromatic rings. The zero-order chi connectivity index (χ0) is 17.8. The van der Waals surface area contributed by atoms with Gasteiger partial charge in [-0.05, 0) is 49.9 Å². The Morgan fingerprint density at radius 1 is 1.20 bits per heavy atom. The fraction of sp³-hybridized carbons (Fsp3) is 0.421. The van der Waals surface area contributed by atoms with E-state index in [0.29, 0.717) is 36.5 Å². The molecule has 4 rings (SSSR count). The van der Waals surface area contributed by atoms with E-state index in [1.54, 1.807) is 0 Å². The molecule has 3 nitrogen and oxygen atoms in total. The van der Waals surface area contributed by atoms with Crippen molar-refractivity contribution >= 4 is 6.08 Å². The predicted molar refractivity (Wildman–Crippen MR) is 90.6 cm³/mol. The van der Waals surface area contributed by atoms with Crippen LogP contribution in [0, 0.1) is 0 Å². The zero-order valence-corrected chi connectivity index (χ0v) is 14.3. The summed E-state index contributed by atoms with van der Waals surface area (Å²) in [4.78, 5) is 2.19. The molecule has 0 fully saturated rings. The van der Waals surface area contributed by atoms with Crippen LogP contribution in [0.5, 0.6) is 0 Å². The Kier molecular flexibility index (Phi) is 3.76. The van der Waals surface area contributed by atoms with Crippen molar-refractivity contribution in [2.75, 3.05) is 6.54 Å². The molecule has 1 aliphatic heterocycles. The van der Waals surface area contributed by atoms with Gasteiger partial charge in [-0.25, -0.2) is 4.68 Å². The number of aromatic nitrogens is 2. The number of nitrogens with zero attached hydrogens (tertiary/aromatic N) is 3. The lowest BCUT2D eigenvalue weighted by Crippen LogP contribution is -2.36. The Morgan fingerprint density at radius 2 is 2.00 bits per heavy atom. The molecular formula is C19H20F3N3. The molecule has 0 amide bonds. The van der Waals surface area contributed by atoms with Crippen LogP contribution in [0.1, 0.15) is 41.9 Å². The lowest BCUT2D eigenvalue weighted by molar-refractivity contribution is -0.142. The molecule has 0 spiro atoms. The summed E-state index contributed by atoms with van der Waals surface area (Å²) in [6.45, 7) is 5.25. The third kappa shape index (κ3) is 2.78. The fourth-order valence-electron chi connectivity index (χ4n) is 3.69. The van der Waals surface area contributed by atoms with Crippen LogP contribution in [-0.4, -0.2) is 27.3 Å². The molecule has 132 valence electrons. The topological polar surface area (TPSA) is 21.1 Å². The largest absolute Gasteiger partial charge is 0.435 e. The van der Waals surface area contributed by atoms with Crippen molar-refractivity contribution in [2.45, 2.75) is 45.5 Å². The molecule has 1 aliphatic carbocycles. The molecule has 0 bridgehead atoms. The minimum Gasteiger partial charge on any atom is -0.295 e. The first-order valence-corrected chi connectivity index (χ1v) is 8.56. The van der Waals surface area contributed by atoms with Crippen molar-refractivity contribution < 1.29 is 13.2 Å². The van der Waals surface area contributed by atoms with E-state index in [2.05, 4.69) is 29.9 Å². The molecule has 6 heteroatoms. The highest BCUT2D eigenvalue weighted by Gasteiger charge is 2.40. The van der Waals surface area contributed by atoms with E-state index >= 15 is 0 Å². The molecule has 1 aromatic carbocycles. The minimum atomic E-state index is -4.42. The van der Waals surface area contributed by atoms with Gasteiger partial charge in [-0.2, -0.15) is 18.3 Å². The normalized spacial score (nSPS) is 17.2. The van der Waals surface area contributed by atoms with Crippen molar-refractivity contribution in [1.29, 1.82) is 0 Å². The van der Waals surface area contributed by atoms with Crippen LogP contribution in [0.15, 0.2) is 24.3 Å². The second-order valence-corrected chi connectivity index (χ2v) is 6.99. The fourth-order valence-corrected chi connectivity index (χ4v) is 3.69. The molecule has 0 N–H and O–H groups in total. The number of fused-ring (bicyclic) bond motifs is 2. The summed E-state index contributed by atoms with van der Waals surface area (Å²) in [6.07, 6.45) is 0.912. The molecule has 0 atom stereocenters. The Bertz CT molecular complexity index is 846. The van der Waals surface area contributed by atoms with Gasteiger partial charge in [0.1, 0.15) is 0 Å². The lowest BCUT2D eigenvalue weighted by Gasteiger charge is -2.31. The minimum absolute atomic E-state index is 0.286. The lowest BCUT2D eigenvalue weighted by atomic mass is 10.0. The highest BCUT2D eigenvalue weighted by atomic mass is 19.4. The van der Waals surface area contributed by atoms with Gasteiger partial charge in [-0.1, -0.05) is 18.2 Å². The third-order valence-corrected chi connectivity index (χ3v) is 5.10. The Balaban J connectivity index is 1.85. The summed E-state index contributed by atoms with van der Waals surface area (Å²) in [5.74, 6) is 0. The quantitative estimate of drug-likeness (QED) is 0.811. The van der Waals surface area contributed by atoms with Crippen molar-refractivity contribution in [1.82, 2.24) is 14.7 Å². The molecular weight excluding hydrogens is 327 g/mol. The van der Waals surface area contributed by atoms with Crippen molar-refractivity contribution in [3.05, 3.63) is 52.4 Å². The monoisotopic (exact) mass is 347 g/mol. The summed E-state index contributed by atoms with van der Waals surface area (Å²) in [5, 5.41) is 3.99. The van der Waals surface area contributed by atoms with E-state index < -0.39 is 11.9 Å². The summed E-state index contributed by atoms with van der Waals surface area (Å²) >= 11 is 0. The smallest absolute Gasteiger partial charge is 0.295 e. The van der Waals surface area contributed by atoms with E-state index in [0.717, 1.165) is 12.0 Å². The maximum atomic E-state index is 13.5. The summed E-state index contributed by atoms with van der Waals surface area (Å²) in [7, 11) is 0. The zero-order valence-electron chi connectivity index (χ0n) is 14.3. The standard InChI is InChI=1S/C19H20F3N3/c1-12(2)24-9-8-16-17(11-24)25(23-18(16)19(20,21)22)15-7-6-13-4-3-5-14(13)10-15/h3,5-7,10,12H,4,8-9,11H2,1-2H3. The first-order chi connectivity index (χ1) is 11.8. The van der Waals surface area contributed by atoms with Gasteiger partial charge in [0.25, 0.3) is 0 Å². The highest BCUT2D eigenvalue weighted by molar-refractivity contribution is 5.63. The second kappa shape index (κ2) is 5.73. The van der Waals surface area contributed by atoms with E-state index in [4.69, 9.17) is 0 Å². The number of hydrogen-bond acceptors (Lipinski definition) is 2. The van der Waals surface area contributed by atoms with Gasteiger partial charge in [0.2, 0.25) is 0 Å². The van der Waals surface area contributed by atoms with Crippen molar-refractivity contribution in [2.24, 2.45) is 0 Å². The van der Waals surface area contributed by atoms with Crippen LogP contribution < -0.4 is 0 Å². The predicted octanol–water partition coefficient (Wildman–Crippen LogP) is 4.23. The molecule has 0 unspecified atom stereocenters. The molecule has 0 saturated carbocycles. The van der Waals surface area contributed by atoms with E-state index in [9.17, 15) is 13.2 Å². The molecule has 2 aliphatic rings. The van der Waals surface area contributed by atoms with Crippen LogP contribution in [0.2, 0.25) is 0 Å². The second-order valence-electron chi connectivity index (χ2n) is 6.99. The average Bonchev–Trinajstić information content (AvgIpc) is 3.17. The molecule has 0 radical (unpaired) electrons. The molecule has 0 saturated heterocycles. The summed E-state index contributed by atoms with van der Waals surface area (Å²) in [6, 6.07) is 6.07. The number of hydrogen-bond donors (Lipinski definition) is 0. The van der Waals surface area contributed by atoms with Gasteiger partial charge < -0.3 is 0 Å². The molecule has 25 heavy (non-hydrogen) atoms. The average molecular weight is 347 g/mol. The first-order valence-electron chi connectivity index (χ1n) is 8.56. The van der Waals surface area contributed by atoms with Crippen molar-refractivity contribution in [3.63, 3.8) is 0 Å². The Hall–Kier alpha value is -2.08. The van der Waals surface area contributed by atoms with Gasteiger partial charge >= 0.3 is 6.18 Å². The van der Waals surface area contributed by atoms with Crippen LogP contribution >= 0.6 is 0 Å². The maximum absolute atomic E-state index is 13.5.